The molecular formula is C8H11NOS. The van der Waals surface area contributed by atoms with Gasteiger partial charge < -0.3 is 5.11 Å². The van der Waals surface area contributed by atoms with Crippen LogP contribution in [0.2, 0.25) is 0 Å². The Morgan fingerprint density at radius 1 is 1.55 bits per heavy atom. The van der Waals surface area contributed by atoms with E-state index < -0.39 is 0 Å². The van der Waals surface area contributed by atoms with Gasteiger partial charge in [0, 0.05) is 5.75 Å². The van der Waals surface area contributed by atoms with Crippen molar-refractivity contribution in [2.75, 3.05) is 7.05 Å². The van der Waals surface area contributed by atoms with Crippen molar-refractivity contribution < 1.29 is 5.11 Å². The van der Waals surface area contributed by atoms with Crippen LogP contribution in [0, 0.1) is 0 Å². The minimum atomic E-state index is 0.333. The van der Waals surface area contributed by atoms with Crippen LogP contribution in [0.15, 0.2) is 24.3 Å². The Balaban J connectivity index is 2.56. The third-order valence-electron chi connectivity index (χ3n) is 1.29. The summed E-state index contributed by atoms with van der Waals surface area (Å²) in [5, 5.41) is 9.08. The summed E-state index contributed by atoms with van der Waals surface area (Å²) in [6, 6.07) is 7.28. The van der Waals surface area contributed by atoms with Crippen molar-refractivity contribution in [1.29, 1.82) is 0 Å². The Kier molecular flexibility index (Phi) is 3.26. The quantitative estimate of drug-likeness (QED) is 0.676. The van der Waals surface area contributed by atoms with Gasteiger partial charge in [-0.3, -0.25) is 4.72 Å². The van der Waals surface area contributed by atoms with Crippen LogP contribution >= 0.6 is 11.9 Å². The SMILES string of the molecule is CNSCc1cccc(O)c1. The molecule has 0 atom stereocenters. The molecule has 0 heterocycles. The van der Waals surface area contributed by atoms with Crippen molar-refractivity contribution >= 4 is 11.9 Å². The molecule has 0 fully saturated rings. The molecule has 1 aromatic carbocycles. The topological polar surface area (TPSA) is 32.3 Å². The minimum absolute atomic E-state index is 0.333. The summed E-state index contributed by atoms with van der Waals surface area (Å²) >= 11 is 1.61. The summed E-state index contributed by atoms with van der Waals surface area (Å²) in [4.78, 5) is 0. The Labute approximate surface area is 70.8 Å². The van der Waals surface area contributed by atoms with Crippen LogP contribution in [-0.2, 0) is 5.75 Å². The molecule has 11 heavy (non-hydrogen) atoms. The highest BCUT2D eigenvalue weighted by Crippen LogP contribution is 2.14. The van der Waals surface area contributed by atoms with E-state index in [1.165, 1.54) is 0 Å². The van der Waals surface area contributed by atoms with Crippen molar-refractivity contribution in [3.8, 4) is 5.75 Å². The van der Waals surface area contributed by atoms with Crippen molar-refractivity contribution in [3.05, 3.63) is 29.8 Å². The van der Waals surface area contributed by atoms with Gasteiger partial charge in [-0.2, -0.15) is 0 Å². The summed E-state index contributed by atoms with van der Waals surface area (Å²) < 4.78 is 2.97. The van der Waals surface area contributed by atoms with E-state index in [0.29, 0.717) is 5.75 Å². The van der Waals surface area contributed by atoms with Crippen molar-refractivity contribution in [3.63, 3.8) is 0 Å². The second-order valence-electron chi connectivity index (χ2n) is 2.16. The average Bonchev–Trinajstić information content (AvgIpc) is 2.01. The maximum Gasteiger partial charge on any atom is 0.115 e. The van der Waals surface area contributed by atoms with E-state index in [4.69, 9.17) is 5.11 Å². The minimum Gasteiger partial charge on any atom is -0.508 e. The highest BCUT2D eigenvalue weighted by molar-refractivity contribution is 7.96. The lowest BCUT2D eigenvalue weighted by molar-refractivity contribution is 0.475. The molecule has 3 heteroatoms. The van der Waals surface area contributed by atoms with E-state index in [9.17, 15) is 0 Å². The summed E-state index contributed by atoms with van der Waals surface area (Å²) in [5.74, 6) is 1.21. The highest BCUT2D eigenvalue weighted by Gasteiger charge is 1.92. The number of rotatable bonds is 3. The number of hydrogen-bond donors (Lipinski definition) is 2. The molecular weight excluding hydrogens is 158 g/mol. The van der Waals surface area contributed by atoms with Gasteiger partial charge in [0.15, 0.2) is 0 Å². The summed E-state index contributed by atoms with van der Waals surface area (Å²) in [5.41, 5.74) is 1.13. The molecule has 0 saturated heterocycles. The molecule has 2 N–H and O–H groups in total. The van der Waals surface area contributed by atoms with Crippen molar-refractivity contribution in [2.45, 2.75) is 5.75 Å². The molecule has 1 aromatic rings. The lowest BCUT2D eigenvalue weighted by Gasteiger charge is -1.99. The molecule has 0 amide bonds. The van der Waals surface area contributed by atoms with E-state index in [2.05, 4.69) is 4.72 Å². The van der Waals surface area contributed by atoms with Crippen molar-refractivity contribution in [2.24, 2.45) is 0 Å². The molecule has 0 spiro atoms. The average molecular weight is 169 g/mol. The fourth-order valence-electron chi connectivity index (χ4n) is 0.802. The summed E-state index contributed by atoms with van der Waals surface area (Å²) in [7, 11) is 1.88. The number of aromatic hydroxyl groups is 1. The molecule has 0 aliphatic carbocycles. The molecule has 0 aliphatic heterocycles. The summed E-state index contributed by atoms with van der Waals surface area (Å²) in [6.07, 6.45) is 0. The van der Waals surface area contributed by atoms with E-state index in [0.717, 1.165) is 11.3 Å². The number of benzene rings is 1. The first-order chi connectivity index (χ1) is 5.33. The Bertz CT molecular complexity index is 227. The Morgan fingerprint density at radius 2 is 2.36 bits per heavy atom. The fraction of sp³-hybridized carbons (Fsp3) is 0.250. The van der Waals surface area contributed by atoms with Gasteiger partial charge in [0.05, 0.1) is 0 Å². The van der Waals surface area contributed by atoms with Gasteiger partial charge in [0.25, 0.3) is 0 Å². The first-order valence-corrected chi connectivity index (χ1v) is 4.38. The largest absolute Gasteiger partial charge is 0.508 e. The second-order valence-corrected chi connectivity index (χ2v) is 3.15. The molecule has 0 saturated carbocycles. The monoisotopic (exact) mass is 169 g/mol. The van der Waals surface area contributed by atoms with Gasteiger partial charge in [-0.1, -0.05) is 24.1 Å². The van der Waals surface area contributed by atoms with Crippen LogP contribution < -0.4 is 4.72 Å². The predicted octanol–water partition coefficient (Wildman–Crippen LogP) is 1.76. The molecule has 0 aromatic heterocycles. The molecule has 0 bridgehead atoms. The number of hydrogen-bond acceptors (Lipinski definition) is 3. The summed E-state index contributed by atoms with van der Waals surface area (Å²) in [6.45, 7) is 0. The zero-order chi connectivity index (χ0) is 8.10. The van der Waals surface area contributed by atoms with Gasteiger partial charge >= 0.3 is 0 Å². The standard InChI is InChI=1S/C8H11NOS/c1-9-11-6-7-3-2-4-8(10)5-7/h2-5,9-10H,6H2,1H3. The van der Waals surface area contributed by atoms with E-state index in [-0.39, 0.29) is 0 Å². The van der Waals surface area contributed by atoms with Gasteiger partial charge in [0.2, 0.25) is 0 Å². The normalized spacial score (nSPS) is 9.91. The molecule has 0 unspecified atom stereocenters. The smallest absolute Gasteiger partial charge is 0.115 e. The maximum atomic E-state index is 9.08. The van der Waals surface area contributed by atoms with Gasteiger partial charge in [-0.15, -0.1) is 0 Å². The lowest BCUT2D eigenvalue weighted by Crippen LogP contribution is -1.92. The zero-order valence-electron chi connectivity index (χ0n) is 6.37. The van der Waals surface area contributed by atoms with Gasteiger partial charge in [-0.05, 0) is 24.7 Å². The molecule has 2 nitrogen and oxygen atoms in total. The Hall–Kier alpha value is -0.670. The van der Waals surface area contributed by atoms with Gasteiger partial charge in [0.1, 0.15) is 5.75 Å². The third kappa shape index (κ3) is 2.82. The van der Waals surface area contributed by atoms with Crippen LogP contribution in [0.5, 0.6) is 5.75 Å². The van der Waals surface area contributed by atoms with Crippen LogP contribution in [-0.4, -0.2) is 12.2 Å². The van der Waals surface area contributed by atoms with Crippen molar-refractivity contribution in [1.82, 2.24) is 4.72 Å². The molecule has 0 radical (unpaired) electrons. The van der Waals surface area contributed by atoms with E-state index in [1.807, 2.05) is 19.2 Å². The van der Waals surface area contributed by atoms with Gasteiger partial charge in [-0.25, -0.2) is 0 Å². The van der Waals surface area contributed by atoms with Crippen LogP contribution in [0.1, 0.15) is 5.56 Å². The number of phenols is 1. The predicted molar refractivity (Wildman–Crippen MR) is 48.5 cm³/mol. The third-order valence-corrected chi connectivity index (χ3v) is 2.06. The lowest BCUT2D eigenvalue weighted by atomic mass is 10.2. The first-order valence-electron chi connectivity index (χ1n) is 3.39. The second kappa shape index (κ2) is 4.26. The molecule has 60 valence electrons. The Morgan fingerprint density at radius 3 is 3.00 bits per heavy atom. The molecule has 0 aliphatic rings. The zero-order valence-corrected chi connectivity index (χ0v) is 7.19. The number of nitrogens with one attached hydrogen (secondary N) is 1. The highest BCUT2D eigenvalue weighted by atomic mass is 32.2. The van der Waals surface area contributed by atoms with Crippen LogP contribution in [0.25, 0.3) is 0 Å². The maximum absolute atomic E-state index is 9.08. The van der Waals surface area contributed by atoms with Crippen LogP contribution in [0.4, 0.5) is 0 Å². The van der Waals surface area contributed by atoms with E-state index in [1.54, 1.807) is 24.1 Å². The van der Waals surface area contributed by atoms with E-state index >= 15 is 0 Å². The molecule has 1 rings (SSSR count). The first kappa shape index (κ1) is 8.43. The van der Waals surface area contributed by atoms with Crippen LogP contribution in [0.3, 0.4) is 0 Å². The fourth-order valence-corrected chi connectivity index (χ4v) is 1.29. The number of phenolic OH excluding ortho intramolecular Hbond substituents is 1.